The van der Waals surface area contributed by atoms with Crippen molar-refractivity contribution in [3.05, 3.63) is 0 Å². The summed E-state index contributed by atoms with van der Waals surface area (Å²) in [6.07, 6.45) is 1.32. The van der Waals surface area contributed by atoms with Gasteiger partial charge in [0.25, 0.3) is 0 Å². The molecule has 1 aliphatic rings. The molecular formula is C12H27N3. The molecule has 3 heteroatoms. The average Bonchev–Trinajstić information content (AvgIpc) is 2.21. The zero-order chi connectivity index (χ0) is 11.3. The summed E-state index contributed by atoms with van der Waals surface area (Å²) in [6.45, 7) is 10.5. The Morgan fingerprint density at radius 1 is 1.20 bits per heavy atom. The van der Waals surface area contributed by atoms with E-state index in [1.807, 2.05) is 0 Å². The first-order valence-corrected chi connectivity index (χ1v) is 6.28. The molecule has 1 heterocycles. The van der Waals surface area contributed by atoms with Gasteiger partial charge in [0.05, 0.1) is 0 Å². The van der Waals surface area contributed by atoms with Crippen LogP contribution in [0.3, 0.4) is 0 Å². The summed E-state index contributed by atoms with van der Waals surface area (Å²) >= 11 is 0. The van der Waals surface area contributed by atoms with Crippen molar-refractivity contribution in [2.45, 2.75) is 26.3 Å². The summed E-state index contributed by atoms with van der Waals surface area (Å²) in [5.74, 6) is 0.834. The van der Waals surface area contributed by atoms with Gasteiger partial charge in [0.2, 0.25) is 0 Å². The minimum Gasteiger partial charge on any atom is -0.315 e. The number of nitrogens with one attached hydrogen (secondary N) is 1. The first-order valence-electron chi connectivity index (χ1n) is 6.28. The lowest BCUT2D eigenvalue weighted by molar-refractivity contribution is 0.106. The summed E-state index contributed by atoms with van der Waals surface area (Å²) in [7, 11) is 4.36. The van der Waals surface area contributed by atoms with E-state index in [-0.39, 0.29) is 0 Å². The SMILES string of the molecule is CCN(CC)C1CNCCC1CN(C)C. The molecule has 1 fully saturated rings. The van der Waals surface area contributed by atoms with Crippen LogP contribution in [0, 0.1) is 5.92 Å². The van der Waals surface area contributed by atoms with E-state index in [1.165, 1.54) is 39.1 Å². The maximum Gasteiger partial charge on any atom is 0.0261 e. The second-order valence-corrected chi connectivity index (χ2v) is 4.80. The molecule has 15 heavy (non-hydrogen) atoms. The van der Waals surface area contributed by atoms with E-state index in [9.17, 15) is 0 Å². The summed E-state index contributed by atoms with van der Waals surface area (Å²) < 4.78 is 0. The van der Waals surface area contributed by atoms with E-state index < -0.39 is 0 Å². The number of likely N-dealkylation sites (N-methyl/N-ethyl adjacent to an activating group) is 1. The Balaban J connectivity index is 2.55. The third-order valence-electron chi connectivity index (χ3n) is 3.47. The van der Waals surface area contributed by atoms with Gasteiger partial charge in [-0.15, -0.1) is 0 Å². The maximum absolute atomic E-state index is 3.53. The number of nitrogens with zero attached hydrogens (tertiary/aromatic N) is 2. The van der Waals surface area contributed by atoms with Gasteiger partial charge in [-0.25, -0.2) is 0 Å². The van der Waals surface area contributed by atoms with E-state index in [0.717, 1.165) is 12.0 Å². The molecule has 1 N–H and O–H groups in total. The average molecular weight is 213 g/mol. The van der Waals surface area contributed by atoms with Gasteiger partial charge in [0.15, 0.2) is 0 Å². The molecule has 0 aliphatic carbocycles. The van der Waals surface area contributed by atoms with Crippen LogP contribution in [0.5, 0.6) is 0 Å². The van der Waals surface area contributed by atoms with E-state index >= 15 is 0 Å². The van der Waals surface area contributed by atoms with Crippen molar-refractivity contribution in [2.24, 2.45) is 5.92 Å². The van der Waals surface area contributed by atoms with E-state index in [2.05, 4.69) is 43.1 Å². The number of hydrogen-bond donors (Lipinski definition) is 1. The van der Waals surface area contributed by atoms with Crippen LogP contribution < -0.4 is 5.32 Å². The van der Waals surface area contributed by atoms with Crippen LogP contribution in [0.1, 0.15) is 20.3 Å². The predicted octanol–water partition coefficient (Wildman–Crippen LogP) is 0.868. The fraction of sp³-hybridized carbons (Fsp3) is 1.00. The fourth-order valence-corrected chi connectivity index (χ4v) is 2.70. The first kappa shape index (κ1) is 12.9. The zero-order valence-electron chi connectivity index (χ0n) is 10.8. The minimum atomic E-state index is 0.733. The van der Waals surface area contributed by atoms with Crippen molar-refractivity contribution in [3.8, 4) is 0 Å². The summed E-state index contributed by atoms with van der Waals surface area (Å²) in [5, 5.41) is 3.53. The molecule has 0 bridgehead atoms. The highest BCUT2D eigenvalue weighted by Gasteiger charge is 2.28. The Bertz CT molecular complexity index is 166. The lowest BCUT2D eigenvalue weighted by atomic mass is 9.91. The molecule has 3 nitrogen and oxygen atoms in total. The molecule has 0 aromatic rings. The van der Waals surface area contributed by atoms with E-state index in [0.29, 0.717) is 0 Å². The molecule has 90 valence electrons. The van der Waals surface area contributed by atoms with E-state index in [4.69, 9.17) is 0 Å². The standard InChI is InChI=1S/C12H27N3/c1-5-15(6-2)12-9-13-8-7-11(12)10-14(3)4/h11-13H,5-10H2,1-4H3. The second-order valence-electron chi connectivity index (χ2n) is 4.80. The van der Waals surface area contributed by atoms with Crippen molar-refractivity contribution < 1.29 is 0 Å². The predicted molar refractivity (Wildman–Crippen MR) is 66.2 cm³/mol. The lowest BCUT2D eigenvalue weighted by Crippen LogP contribution is -2.53. The maximum atomic E-state index is 3.53. The Hall–Kier alpha value is -0.120. The van der Waals surface area contributed by atoms with Crippen molar-refractivity contribution in [2.75, 3.05) is 46.8 Å². The third-order valence-corrected chi connectivity index (χ3v) is 3.47. The summed E-state index contributed by atoms with van der Waals surface area (Å²) in [4.78, 5) is 4.92. The van der Waals surface area contributed by atoms with Gasteiger partial charge in [-0.1, -0.05) is 13.8 Å². The lowest BCUT2D eigenvalue weighted by Gasteiger charge is -2.40. The van der Waals surface area contributed by atoms with Crippen LogP contribution >= 0.6 is 0 Å². The molecule has 1 rings (SSSR count). The van der Waals surface area contributed by atoms with Crippen molar-refractivity contribution in [1.29, 1.82) is 0 Å². The molecule has 2 unspecified atom stereocenters. The van der Waals surface area contributed by atoms with Gasteiger partial charge in [-0.2, -0.15) is 0 Å². The monoisotopic (exact) mass is 213 g/mol. The van der Waals surface area contributed by atoms with Gasteiger partial charge >= 0.3 is 0 Å². The highest BCUT2D eigenvalue weighted by molar-refractivity contribution is 4.86. The smallest absolute Gasteiger partial charge is 0.0261 e. The van der Waals surface area contributed by atoms with Gasteiger partial charge in [0.1, 0.15) is 0 Å². The van der Waals surface area contributed by atoms with Gasteiger partial charge < -0.3 is 10.2 Å². The summed E-state index contributed by atoms with van der Waals surface area (Å²) in [6, 6.07) is 0.733. The quantitative estimate of drug-likeness (QED) is 0.731. The third kappa shape index (κ3) is 3.74. The highest BCUT2D eigenvalue weighted by Crippen LogP contribution is 2.18. The van der Waals surface area contributed by atoms with Gasteiger partial charge in [0, 0.05) is 19.1 Å². The molecule has 0 radical (unpaired) electrons. The number of hydrogen-bond acceptors (Lipinski definition) is 3. The Morgan fingerprint density at radius 2 is 1.87 bits per heavy atom. The van der Waals surface area contributed by atoms with Crippen LogP contribution in [-0.2, 0) is 0 Å². The van der Waals surface area contributed by atoms with Crippen LogP contribution in [0.15, 0.2) is 0 Å². The van der Waals surface area contributed by atoms with Crippen LogP contribution in [0.2, 0.25) is 0 Å². The number of piperidine rings is 1. The first-order chi connectivity index (χ1) is 7.19. The Labute approximate surface area is 94.8 Å². The molecule has 0 amide bonds. The van der Waals surface area contributed by atoms with E-state index in [1.54, 1.807) is 0 Å². The molecule has 0 spiro atoms. The molecule has 0 saturated carbocycles. The van der Waals surface area contributed by atoms with Crippen molar-refractivity contribution >= 4 is 0 Å². The minimum absolute atomic E-state index is 0.733. The second kappa shape index (κ2) is 6.46. The topological polar surface area (TPSA) is 18.5 Å². The molecule has 0 aromatic heterocycles. The van der Waals surface area contributed by atoms with Crippen molar-refractivity contribution in [3.63, 3.8) is 0 Å². The Kier molecular flexibility index (Phi) is 5.58. The molecule has 0 aromatic carbocycles. The molecule has 2 atom stereocenters. The largest absolute Gasteiger partial charge is 0.315 e. The van der Waals surface area contributed by atoms with Crippen LogP contribution in [0.4, 0.5) is 0 Å². The molecular weight excluding hydrogens is 186 g/mol. The normalized spacial score (nSPS) is 27.6. The molecule has 1 saturated heterocycles. The molecule has 1 aliphatic heterocycles. The fourth-order valence-electron chi connectivity index (χ4n) is 2.70. The number of rotatable bonds is 5. The zero-order valence-corrected chi connectivity index (χ0v) is 10.8. The summed E-state index contributed by atoms with van der Waals surface area (Å²) in [5.41, 5.74) is 0. The van der Waals surface area contributed by atoms with Crippen molar-refractivity contribution in [1.82, 2.24) is 15.1 Å². The van der Waals surface area contributed by atoms with Gasteiger partial charge in [-0.05, 0) is 46.1 Å². The van der Waals surface area contributed by atoms with Crippen LogP contribution in [-0.4, -0.2) is 62.7 Å². The van der Waals surface area contributed by atoms with Crippen LogP contribution in [0.25, 0.3) is 0 Å². The van der Waals surface area contributed by atoms with Gasteiger partial charge in [-0.3, -0.25) is 4.90 Å². The highest BCUT2D eigenvalue weighted by atomic mass is 15.2. The Morgan fingerprint density at radius 3 is 2.40 bits per heavy atom.